The maximum absolute atomic E-state index is 12.3. The molecule has 0 bridgehead atoms. The van der Waals surface area contributed by atoms with Gasteiger partial charge in [0.15, 0.2) is 5.78 Å². The second kappa shape index (κ2) is 8.83. The van der Waals surface area contributed by atoms with Crippen LogP contribution in [0.3, 0.4) is 0 Å². The predicted octanol–water partition coefficient (Wildman–Crippen LogP) is 3.94. The fourth-order valence-electron chi connectivity index (χ4n) is 2.67. The van der Waals surface area contributed by atoms with Gasteiger partial charge in [0.2, 0.25) is 0 Å². The van der Waals surface area contributed by atoms with E-state index in [1.54, 1.807) is 14.2 Å². The quantitative estimate of drug-likeness (QED) is 0.513. The first-order valence-electron chi connectivity index (χ1n) is 8.02. The Balaban J connectivity index is 2.30. The molecule has 2 aromatic carbocycles. The van der Waals surface area contributed by atoms with Gasteiger partial charge in [-0.15, -0.1) is 0 Å². The van der Waals surface area contributed by atoms with Crippen LogP contribution in [0.5, 0.6) is 11.5 Å². The molecular weight excluding hydrogens is 316 g/mol. The second-order valence-corrected chi connectivity index (χ2v) is 5.69. The van der Waals surface area contributed by atoms with Crippen molar-refractivity contribution in [1.82, 2.24) is 0 Å². The third-order valence-corrected chi connectivity index (χ3v) is 4.07. The molecule has 0 saturated carbocycles. The first kappa shape index (κ1) is 18.5. The Hall–Kier alpha value is -2.88. The highest BCUT2D eigenvalue weighted by atomic mass is 16.5. The summed E-state index contributed by atoms with van der Waals surface area (Å²) < 4.78 is 10.4. The summed E-state index contributed by atoms with van der Waals surface area (Å²) in [5.74, 6) is 1.01. The van der Waals surface area contributed by atoms with Gasteiger partial charge in [-0.2, -0.15) is 0 Å². The Morgan fingerprint density at radius 1 is 0.920 bits per heavy atom. The summed E-state index contributed by atoms with van der Waals surface area (Å²) >= 11 is 0. The van der Waals surface area contributed by atoms with Crippen molar-refractivity contribution >= 4 is 11.6 Å². The molecule has 0 heterocycles. The summed E-state index contributed by atoms with van der Waals surface area (Å²) in [6.45, 7) is 3.42. The van der Waals surface area contributed by atoms with Gasteiger partial charge < -0.3 is 9.47 Å². The highest BCUT2D eigenvalue weighted by molar-refractivity contribution is 6.04. The molecule has 4 nitrogen and oxygen atoms in total. The molecule has 2 aromatic rings. The average molecular weight is 338 g/mol. The molecule has 0 radical (unpaired) electrons. The normalized spacial score (nSPS) is 10.4. The lowest BCUT2D eigenvalue weighted by Gasteiger charge is -2.18. The van der Waals surface area contributed by atoms with E-state index in [2.05, 4.69) is 6.58 Å². The fourth-order valence-corrected chi connectivity index (χ4v) is 2.67. The van der Waals surface area contributed by atoms with Crippen LogP contribution >= 0.6 is 0 Å². The van der Waals surface area contributed by atoms with E-state index >= 15 is 0 Å². The molecule has 4 heteroatoms. The largest absolute Gasteiger partial charge is 0.497 e. The van der Waals surface area contributed by atoms with Gasteiger partial charge in [0, 0.05) is 12.3 Å². The second-order valence-electron chi connectivity index (χ2n) is 5.69. The van der Waals surface area contributed by atoms with Gasteiger partial charge in [0.1, 0.15) is 17.3 Å². The van der Waals surface area contributed by atoms with E-state index < -0.39 is 0 Å². The Bertz CT molecular complexity index is 682. The van der Waals surface area contributed by atoms with E-state index in [0.29, 0.717) is 0 Å². The number of hydrogen-bond acceptors (Lipinski definition) is 4. The summed E-state index contributed by atoms with van der Waals surface area (Å²) in [6.07, 6.45) is 1.32. The van der Waals surface area contributed by atoms with Gasteiger partial charge in [0.25, 0.3) is 0 Å². The number of hydrogen-bond donors (Lipinski definition) is 0. The van der Waals surface area contributed by atoms with Crippen molar-refractivity contribution in [2.45, 2.75) is 18.8 Å². The lowest BCUT2D eigenvalue weighted by atomic mass is 9.86. The van der Waals surface area contributed by atoms with Crippen molar-refractivity contribution in [2.24, 2.45) is 0 Å². The van der Waals surface area contributed by atoms with Crippen molar-refractivity contribution in [2.75, 3.05) is 14.2 Å². The highest BCUT2D eigenvalue weighted by Gasteiger charge is 2.19. The van der Waals surface area contributed by atoms with Crippen LogP contribution in [-0.2, 0) is 9.59 Å². The zero-order valence-corrected chi connectivity index (χ0v) is 14.5. The number of Topliss-reactive ketones (excluding diaryl/α,β-unsaturated/α-hetero) is 1. The molecule has 0 spiro atoms. The molecular formula is C21H22O4. The van der Waals surface area contributed by atoms with Crippen molar-refractivity contribution in [1.29, 1.82) is 0 Å². The lowest BCUT2D eigenvalue weighted by molar-refractivity contribution is -0.124. The highest BCUT2D eigenvalue weighted by Crippen LogP contribution is 2.31. The summed E-state index contributed by atoms with van der Waals surface area (Å²) in [5.41, 5.74) is 1.98. The zero-order valence-electron chi connectivity index (χ0n) is 14.5. The molecule has 0 aromatic heterocycles. The fraction of sp³-hybridized carbons (Fsp3) is 0.238. The van der Waals surface area contributed by atoms with E-state index in [1.807, 2.05) is 48.5 Å². The summed E-state index contributed by atoms with van der Waals surface area (Å²) in [7, 11) is 3.22. The Labute approximate surface area is 148 Å². The molecule has 0 atom stereocenters. The van der Waals surface area contributed by atoms with Gasteiger partial charge in [-0.3, -0.25) is 9.59 Å². The van der Waals surface area contributed by atoms with E-state index in [1.165, 1.54) is 6.08 Å². The molecule has 0 fully saturated rings. The number of ketones is 2. The summed E-state index contributed by atoms with van der Waals surface area (Å²) in [4.78, 5) is 23.8. The van der Waals surface area contributed by atoms with Crippen molar-refractivity contribution in [3.05, 3.63) is 72.3 Å². The molecule has 0 N–H and O–H groups in total. The SMILES string of the molecule is C=CC(=O)CC(=O)CC(c1ccc(OC)cc1)c1ccc(OC)cc1. The van der Waals surface area contributed by atoms with Crippen LogP contribution in [0.4, 0.5) is 0 Å². The number of allylic oxidation sites excluding steroid dienone is 1. The van der Waals surface area contributed by atoms with E-state index in [-0.39, 0.29) is 30.3 Å². The molecule has 0 amide bonds. The summed E-state index contributed by atoms with van der Waals surface area (Å²) in [6, 6.07) is 15.2. The molecule has 25 heavy (non-hydrogen) atoms. The molecule has 0 aliphatic carbocycles. The number of carbonyl (C=O) groups is 2. The lowest BCUT2D eigenvalue weighted by Crippen LogP contribution is -2.12. The number of rotatable bonds is 9. The van der Waals surface area contributed by atoms with Crippen LogP contribution in [0.1, 0.15) is 29.9 Å². The van der Waals surface area contributed by atoms with Crippen LogP contribution in [0.2, 0.25) is 0 Å². The van der Waals surface area contributed by atoms with Crippen LogP contribution < -0.4 is 9.47 Å². The number of ether oxygens (including phenoxy) is 2. The van der Waals surface area contributed by atoms with E-state index in [4.69, 9.17) is 9.47 Å². The maximum Gasteiger partial charge on any atom is 0.162 e. The minimum absolute atomic E-state index is 0.110. The molecule has 2 rings (SSSR count). The third kappa shape index (κ3) is 5.05. The van der Waals surface area contributed by atoms with Crippen LogP contribution in [-0.4, -0.2) is 25.8 Å². The monoisotopic (exact) mass is 338 g/mol. The molecule has 0 saturated heterocycles. The Kier molecular flexibility index (Phi) is 6.52. The van der Waals surface area contributed by atoms with Gasteiger partial charge in [0.05, 0.1) is 20.6 Å². The van der Waals surface area contributed by atoms with Crippen LogP contribution in [0, 0.1) is 0 Å². The standard InChI is InChI=1S/C21H22O4/c1-4-17(22)13-18(23)14-21(15-5-9-19(24-2)10-6-15)16-7-11-20(25-3)12-8-16/h4-12,21H,1,13-14H2,2-3H3. The molecule has 130 valence electrons. The average Bonchev–Trinajstić information content (AvgIpc) is 2.66. The maximum atomic E-state index is 12.3. The van der Waals surface area contributed by atoms with Gasteiger partial charge in [-0.1, -0.05) is 30.8 Å². The predicted molar refractivity (Wildman–Crippen MR) is 97.3 cm³/mol. The minimum atomic E-state index is -0.256. The Morgan fingerprint density at radius 3 is 1.72 bits per heavy atom. The van der Waals surface area contributed by atoms with E-state index in [0.717, 1.165) is 22.6 Å². The van der Waals surface area contributed by atoms with E-state index in [9.17, 15) is 9.59 Å². The minimum Gasteiger partial charge on any atom is -0.497 e. The first-order valence-corrected chi connectivity index (χ1v) is 8.02. The number of methoxy groups -OCH3 is 2. The van der Waals surface area contributed by atoms with Gasteiger partial charge in [-0.25, -0.2) is 0 Å². The topological polar surface area (TPSA) is 52.6 Å². The molecule has 0 aliphatic heterocycles. The Morgan fingerprint density at radius 2 is 1.36 bits per heavy atom. The molecule has 0 aliphatic rings. The van der Waals surface area contributed by atoms with Gasteiger partial charge in [-0.05, 0) is 41.5 Å². The van der Waals surface area contributed by atoms with Gasteiger partial charge >= 0.3 is 0 Å². The third-order valence-electron chi connectivity index (χ3n) is 4.07. The number of carbonyl (C=O) groups excluding carboxylic acids is 2. The van der Waals surface area contributed by atoms with Crippen molar-refractivity contribution < 1.29 is 19.1 Å². The first-order chi connectivity index (χ1) is 12.1. The smallest absolute Gasteiger partial charge is 0.162 e. The zero-order chi connectivity index (χ0) is 18.2. The van der Waals surface area contributed by atoms with Crippen LogP contribution in [0.15, 0.2) is 61.2 Å². The van der Waals surface area contributed by atoms with Crippen molar-refractivity contribution in [3.63, 3.8) is 0 Å². The number of benzene rings is 2. The van der Waals surface area contributed by atoms with Crippen LogP contribution in [0.25, 0.3) is 0 Å². The van der Waals surface area contributed by atoms with Crippen molar-refractivity contribution in [3.8, 4) is 11.5 Å². The molecule has 0 unspecified atom stereocenters. The summed E-state index contributed by atoms with van der Waals surface area (Å²) in [5, 5.41) is 0.